The first kappa shape index (κ1) is 16.5. The zero-order valence-corrected chi connectivity index (χ0v) is 14.0. The molecule has 2 rings (SSSR count). The molecule has 6 heteroatoms. The fraction of sp³-hybridized carbons (Fsp3) is 0.733. The van der Waals surface area contributed by atoms with Gasteiger partial charge in [-0.15, -0.1) is 0 Å². The van der Waals surface area contributed by atoms with Gasteiger partial charge in [-0.3, -0.25) is 0 Å². The summed E-state index contributed by atoms with van der Waals surface area (Å²) in [6.07, 6.45) is 4.83. The zero-order chi connectivity index (χ0) is 15.5. The van der Waals surface area contributed by atoms with Gasteiger partial charge in [0.05, 0.1) is 4.90 Å². The Labute approximate surface area is 128 Å². The molecular weight excluding hydrogens is 286 g/mol. The van der Waals surface area contributed by atoms with Crippen LogP contribution >= 0.6 is 0 Å². The zero-order valence-electron chi connectivity index (χ0n) is 13.2. The number of aromatic nitrogens is 1. The Bertz CT molecular complexity index is 551. The van der Waals surface area contributed by atoms with Crippen LogP contribution in [0.2, 0.25) is 0 Å². The molecule has 2 N–H and O–H groups in total. The van der Waals surface area contributed by atoms with E-state index in [1.807, 2.05) is 0 Å². The minimum absolute atomic E-state index is 0.377. The molecule has 0 spiro atoms. The van der Waals surface area contributed by atoms with E-state index in [2.05, 4.69) is 31.1 Å². The van der Waals surface area contributed by atoms with Crippen LogP contribution in [0.1, 0.15) is 45.7 Å². The van der Waals surface area contributed by atoms with Crippen LogP contribution < -0.4 is 5.32 Å². The van der Waals surface area contributed by atoms with Crippen molar-refractivity contribution in [1.82, 2.24) is 14.6 Å². The van der Waals surface area contributed by atoms with E-state index in [-0.39, 0.29) is 0 Å². The Morgan fingerprint density at radius 1 is 1.48 bits per heavy atom. The van der Waals surface area contributed by atoms with Crippen LogP contribution in [0.3, 0.4) is 0 Å². The van der Waals surface area contributed by atoms with Gasteiger partial charge in [-0.05, 0) is 24.8 Å². The Morgan fingerprint density at radius 3 is 2.90 bits per heavy atom. The quantitative estimate of drug-likeness (QED) is 0.812. The second-order valence-corrected chi connectivity index (χ2v) is 8.14. The second-order valence-electron chi connectivity index (χ2n) is 6.20. The van der Waals surface area contributed by atoms with E-state index in [9.17, 15) is 8.42 Å². The van der Waals surface area contributed by atoms with Gasteiger partial charge in [0.15, 0.2) is 0 Å². The standard InChI is InChI=1S/C15H27N3O2S/c1-4-5-13-6-7-18(11-13)21(19,20)15-8-14(17-10-15)9-16-12(2)3/h8,10,12-13,16-17H,4-7,9,11H2,1-3H3. The summed E-state index contributed by atoms with van der Waals surface area (Å²) < 4.78 is 26.9. The van der Waals surface area contributed by atoms with Crippen molar-refractivity contribution < 1.29 is 8.42 Å². The highest BCUT2D eigenvalue weighted by atomic mass is 32.2. The predicted molar refractivity (Wildman–Crippen MR) is 84.5 cm³/mol. The third-order valence-corrected chi connectivity index (χ3v) is 5.84. The third-order valence-electron chi connectivity index (χ3n) is 4.00. The molecule has 1 saturated heterocycles. The molecule has 0 radical (unpaired) electrons. The number of rotatable bonds is 7. The molecule has 1 unspecified atom stereocenters. The summed E-state index contributed by atoms with van der Waals surface area (Å²) in [5.41, 5.74) is 0.909. The molecule has 5 nitrogen and oxygen atoms in total. The van der Waals surface area contributed by atoms with Crippen molar-refractivity contribution in [1.29, 1.82) is 0 Å². The lowest BCUT2D eigenvalue weighted by atomic mass is 10.0. The fourth-order valence-corrected chi connectivity index (χ4v) is 4.34. The van der Waals surface area contributed by atoms with Crippen molar-refractivity contribution in [2.75, 3.05) is 13.1 Å². The first-order valence-corrected chi connectivity index (χ1v) is 9.28. The average molecular weight is 313 g/mol. The number of nitrogens with one attached hydrogen (secondary N) is 2. The summed E-state index contributed by atoms with van der Waals surface area (Å²) in [6.45, 7) is 8.26. The van der Waals surface area contributed by atoms with E-state index >= 15 is 0 Å². The SMILES string of the molecule is CCCC1CCN(S(=O)(=O)c2c[nH]c(CNC(C)C)c2)C1. The lowest BCUT2D eigenvalue weighted by Crippen LogP contribution is -2.28. The number of hydrogen-bond donors (Lipinski definition) is 2. The van der Waals surface area contributed by atoms with Crippen LogP contribution in [-0.2, 0) is 16.6 Å². The van der Waals surface area contributed by atoms with Crippen LogP contribution in [0.5, 0.6) is 0 Å². The van der Waals surface area contributed by atoms with Gasteiger partial charge in [0.25, 0.3) is 0 Å². The summed E-state index contributed by atoms with van der Waals surface area (Å²) in [4.78, 5) is 3.45. The highest BCUT2D eigenvalue weighted by Crippen LogP contribution is 2.27. The van der Waals surface area contributed by atoms with Crippen molar-refractivity contribution in [3.63, 3.8) is 0 Å². The first-order valence-electron chi connectivity index (χ1n) is 7.84. The van der Waals surface area contributed by atoms with Crippen molar-refractivity contribution in [3.05, 3.63) is 18.0 Å². The summed E-state index contributed by atoms with van der Waals surface area (Å²) in [6, 6.07) is 2.12. The molecule has 1 aromatic heterocycles. The van der Waals surface area contributed by atoms with Gasteiger partial charge in [-0.2, -0.15) is 4.31 Å². The summed E-state index contributed by atoms with van der Waals surface area (Å²) in [7, 11) is -3.33. The fourth-order valence-electron chi connectivity index (χ4n) is 2.79. The van der Waals surface area contributed by atoms with Crippen LogP contribution in [0.15, 0.2) is 17.2 Å². The molecule has 1 aliphatic rings. The number of sulfonamides is 1. The molecular formula is C15H27N3O2S. The molecule has 1 aliphatic heterocycles. The topological polar surface area (TPSA) is 65.2 Å². The molecule has 1 atom stereocenters. The number of H-pyrrole nitrogens is 1. The monoisotopic (exact) mass is 313 g/mol. The maximum Gasteiger partial charge on any atom is 0.244 e. The Kier molecular flexibility index (Phi) is 5.46. The number of nitrogens with zero attached hydrogens (tertiary/aromatic N) is 1. The minimum atomic E-state index is -3.33. The first-order chi connectivity index (χ1) is 9.93. The number of hydrogen-bond acceptors (Lipinski definition) is 3. The Morgan fingerprint density at radius 2 is 2.24 bits per heavy atom. The normalized spacial score (nSPS) is 20.5. The van der Waals surface area contributed by atoms with Crippen molar-refractivity contribution in [3.8, 4) is 0 Å². The lowest BCUT2D eigenvalue weighted by molar-refractivity contribution is 0.444. The van der Waals surface area contributed by atoms with E-state index in [4.69, 9.17) is 0 Å². The van der Waals surface area contributed by atoms with E-state index in [0.29, 0.717) is 36.5 Å². The largest absolute Gasteiger partial charge is 0.363 e. The van der Waals surface area contributed by atoms with Crippen LogP contribution in [0.25, 0.3) is 0 Å². The summed E-state index contributed by atoms with van der Waals surface area (Å²) in [5, 5.41) is 3.28. The lowest BCUT2D eigenvalue weighted by Gasteiger charge is -2.15. The van der Waals surface area contributed by atoms with Crippen molar-refractivity contribution in [2.45, 2.75) is 57.5 Å². The van der Waals surface area contributed by atoms with Gasteiger partial charge >= 0.3 is 0 Å². The highest BCUT2D eigenvalue weighted by Gasteiger charge is 2.32. The Hall–Kier alpha value is -0.850. The predicted octanol–water partition coefficient (Wildman–Crippen LogP) is 2.32. The summed E-state index contributed by atoms with van der Waals surface area (Å²) in [5.74, 6) is 0.519. The van der Waals surface area contributed by atoms with Gasteiger partial charge in [-0.25, -0.2) is 8.42 Å². The molecule has 120 valence electrons. The second kappa shape index (κ2) is 6.94. The van der Waals surface area contributed by atoms with Crippen molar-refractivity contribution in [2.24, 2.45) is 5.92 Å². The molecule has 1 fully saturated rings. The van der Waals surface area contributed by atoms with Crippen LogP contribution in [0.4, 0.5) is 0 Å². The minimum Gasteiger partial charge on any atom is -0.363 e. The molecule has 0 saturated carbocycles. The number of aromatic amines is 1. The smallest absolute Gasteiger partial charge is 0.244 e. The molecule has 0 bridgehead atoms. The molecule has 0 aromatic carbocycles. The van der Waals surface area contributed by atoms with Gasteiger partial charge in [0, 0.05) is 37.6 Å². The molecule has 0 aliphatic carbocycles. The molecule has 1 aromatic rings. The van der Waals surface area contributed by atoms with Crippen LogP contribution in [0, 0.1) is 5.92 Å². The van der Waals surface area contributed by atoms with Crippen molar-refractivity contribution >= 4 is 10.0 Å². The van der Waals surface area contributed by atoms with Gasteiger partial charge in [0.2, 0.25) is 10.0 Å². The van der Waals surface area contributed by atoms with Gasteiger partial charge < -0.3 is 10.3 Å². The average Bonchev–Trinajstić information content (AvgIpc) is 3.06. The highest BCUT2D eigenvalue weighted by molar-refractivity contribution is 7.89. The van der Waals surface area contributed by atoms with E-state index in [1.54, 1.807) is 16.6 Å². The molecule has 0 amide bonds. The molecule has 21 heavy (non-hydrogen) atoms. The maximum atomic E-state index is 12.6. The Balaban J connectivity index is 2.03. The maximum absolute atomic E-state index is 12.6. The van der Waals surface area contributed by atoms with E-state index in [1.165, 1.54) is 0 Å². The van der Waals surface area contributed by atoms with Crippen LogP contribution in [-0.4, -0.2) is 36.8 Å². The molecule has 2 heterocycles. The van der Waals surface area contributed by atoms with E-state index in [0.717, 1.165) is 25.0 Å². The van der Waals surface area contributed by atoms with Gasteiger partial charge in [-0.1, -0.05) is 27.2 Å². The third kappa shape index (κ3) is 4.08. The van der Waals surface area contributed by atoms with Gasteiger partial charge in [0.1, 0.15) is 0 Å². The summed E-state index contributed by atoms with van der Waals surface area (Å²) >= 11 is 0. The van der Waals surface area contributed by atoms with E-state index < -0.39 is 10.0 Å².